The van der Waals surface area contributed by atoms with Gasteiger partial charge in [0, 0.05) is 11.3 Å². The lowest BCUT2D eigenvalue weighted by Crippen LogP contribution is -2.08. The first kappa shape index (κ1) is 13.9. The third-order valence-electron chi connectivity index (χ3n) is 2.03. The van der Waals surface area contributed by atoms with E-state index < -0.39 is 17.7 Å². The first-order valence-corrected chi connectivity index (χ1v) is 4.87. The minimum atomic E-state index is -4.54. The van der Waals surface area contributed by atoms with Crippen LogP contribution in [0.5, 0.6) is 0 Å². The van der Waals surface area contributed by atoms with Crippen molar-refractivity contribution < 1.29 is 22.7 Å². The maximum atomic E-state index is 12.7. The predicted molar refractivity (Wildman–Crippen MR) is 59.4 cm³/mol. The van der Waals surface area contributed by atoms with E-state index in [0.29, 0.717) is 0 Å². The molecule has 0 aliphatic rings. The first-order chi connectivity index (χ1) is 8.34. The Hall–Kier alpha value is -2.16. The summed E-state index contributed by atoms with van der Waals surface area (Å²) in [6, 6.07) is 3.29. The van der Waals surface area contributed by atoms with E-state index in [9.17, 15) is 18.0 Å². The minimum Gasteiger partial charge on any atom is -0.468 e. The fraction of sp³-hybridized carbons (Fsp3) is 0.250. The predicted octanol–water partition coefficient (Wildman–Crippen LogP) is 2.20. The molecule has 0 aliphatic carbocycles. The Morgan fingerprint density at radius 1 is 1.44 bits per heavy atom. The van der Waals surface area contributed by atoms with Crippen LogP contribution in [0.4, 0.5) is 18.9 Å². The summed E-state index contributed by atoms with van der Waals surface area (Å²) < 4.78 is 42.3. The molecule has 0 saturated heterocycles. The van der Waals surface area contributed by atoms with Crippen molar-refractivity contribution in [3.8, 4) is 11.8 Å². The maximum absolute atomic E-state index is 12.7. The van der Waals surface area contributed by atoms with Gasteiger partial charge in [-0.15, -0.1) is 0 Å². The molecule has 2 N–H and O–H groups in total. The standard InChI is InChI=1S/C12H10F3NO2/c1-18-11(17)4-2-3-8-5-6-9(16)7-10(8)12(13,14)15/h5-7H,4,16H2,1H3. The number of esters is 1. The van der Waals surface area contributed by atoms with E-state index in [4.69, 9.17) is 5.73 Å². The van der Waals surface area contributed by atoms with Crippen LogP contribution in [0.2, 0.25) is 0 Å². The Morgan fingerprint density at radius 2 is 2.11 bits per heavy atom. The Bertz CT molecular complexity index is 512. The summed E-state index contributed by atoms with van der Waals surface area (Å²) in [5.41, 5.74) is 4.16. The highest BCUT2D eigenvalue weighted by Gasteiger charge is 2.33. The van der Waals surface area contributed by atoms with Crippen LogP contribution in [0.3, 0.4) is 0 Å². The number of ether oxygens (including phenoxy) is 1. The number of nitrogen functional groups attached to an aromatic ring is 1. The molecule has 0 atom stereocenters. The van der Waals surface area contributed by atoms with E-state index in [0.717, 1.165) is 6.07 Å². The van der Waals surface area contributed by atoms with Crippen molar-refractivity contribution in [2.45, 2.75) is 12.6 Å². The fourth-order valence-corrected chi connectivity index (χ4v) is 1.19. The zero-order valence-electron chi connectivity index (χ0n) is 9.47. The summed E-state index contributed by atoms with van der Waals surface area (Å²) in [5, 5.41) is 0. The Kier molecular flexibility index (Phi) is 4.21. The SMILES string of the molecule is COC(=O)CC#Cc1ccc(N)cc1C(F)(F)F. The second-order valence-corrected chi connectivity index (χ2v) is 3.36. The third-order valence-corrected chi connectivity index (χ3v) is 2.03. The average molecular weight is 257 g/mol. The van der Waals surface area contributed by atoms with Crippen LogP contribution in [0.25, 0.3) is 0 Å². The summed E-state index contributed by atoms with van der Waals surface area (Å²) in [7, 11) is 1.17. The molecule has 0 heterocycles. The normalized spacial score (nSPS) is 10.4. The molecule has 96 valence electrons. The summed E-state index contributed by atoms with van der Waals surface area (Å²) in [5.74, 6) is 4.00. The smallest absolute Gasteiger partial charge is 0.417 e. The van der Waals surface area contributed by atoms with Gasteiger partial charge in [-0.05, 0) is 18.2 Å². The highest BCUT2D eigenvalue weighted by atomic mass is 19.4. The molecule has 1 aromatic carbocycles. The Morgan fingerprint density at radius 3 is 2.67 bits per heavy atom. The molecule has 0 fully saturated rings. The lowest BCUT2D eigenvalue weighted by Gasteiger charge is -2.09. The van der Waals surface area contributed by atoms with E-state index in [1.165, 1.54) is 19.2 Å². The zero-order valence-corrected chi connectivity index (χ0v) is 9.47. The lowest BCUT2D eigenvalue weighted by molar-refractivity contribution is -0.139. The van der Waals surface area contributed by atoms with Gasteiger partial charge in [0.25, 0.3) is 0 Å². The van der Waals surface area contributed by atoms with Gasteiger partial charge in [-0.3, -0.25) is 4.79 Å². The number of alkyl halides is 3. The van der Waals surface area contributed by atoms with Crippen molar-refractivity contribution in [1.82, 2.24) is 0 Å². The molecule has 0 amide bonds. The van der Waals surface area contributed by atoms with E-state index in [-0.39, 0.29) is 17.7 Å². The lowest BCUT2D eigenvalue weighted by atomic mass is 10.1. The molecule has 0 unspecified atom stereocenters. The first-order valence-electron chi connectivity index (χ1n) is 4.87. The molecular weight excluding hydrogens is 247 g/mol. The monoisotopic (exact) mass is 257 g/mol. The summed E-state index contributed by atoms with van der Waals surface area (Å²) in [4.78, 5) is 10.8. The highest BCUT2D eigenvalue weighted by Crippen LogP contribution is 2.32. The number of anilines is 1. The number of carbonyl (C=O) groups excluding carboxylic acids is 1. The third kappa shape index (κ3) is 3.70. The summed E-state index contributed by atoms with van der Waals surface area (Å²) >= 11 is 0. The molecule has 0 aromatic heterocycles. The van der Waals surface area contributed by atoms with E-state index in [1.54, 1.807) is 0 Å². The van der Waals surface area contributed by atoms with E-state index in [1.807, 2.05) is 0 Å². The second kappa shape index (κ2) is 5.45. The summed E-state index contributed by atoms with van der Waals surface area (Å²) in [6.45, 7) is 0. The van der Waals surface area contributed by atoms with E-state index in [2.05, 4.69) is 16.6 Å². The number of halogens is 3. The van der Waals surface area contributed by atoms with Crippen molar-refractivity contribution in [3.63, 3.8) is 0 Å². The molecular formula is C12H10F3NO2. The van der Waals surface area contributed by atoms with Crippen LogP contribution in [0.15, 0.2) is 18.2 Å². The molecule has 6 heteroatoms. The number of hydrogen-bond acceptors (Lipinski definition) is 3. The number of methoxy groups -OCH3 is 1. The topological polar surface area (TPSA) is 52.3 Å². The van der Waals surface area contributed by atoms with Gasteiger partial charge in [0.1, 0.15) is 6.42 Å². The molecule has 1 aromatic rings. The van der Waals surface area contributed by atoms with Gasteiger partial charge in [-0.2, -0.15) is 13.2 Å². The van der Waals surface area contributed by atoms with Crippen molar-refractivity contribution in [1.29, 1.82) is 0 Å². The number of rotatable bonds is 1. The quantitative estimate of drug-likeness (QED) is 0.476. The van der Waals surface area contributed by atoms with Crippen LogP contribution >= 0.6 is 0 Å². The van der Waals surface area contributed by atoms with Crippen molar-refractivity contribution in [3.05, 3.63) is 29.3 Å². The molecule has 0 spiro atoms. The Labute approximate surface area is 102 Å². The molecule has 18 heavy (non-hydrogen) atoms. The largest absolute Gasteiger partial charge is 0.468 e. The average Bonchev–Trinajstić information content (AvgIpc) is 2.29. The van der Waals surface area contributed by atoms with Crippen LogP contribution in [0, 0.1) is 11.8 Å². The zero-order chi connectivity index (χ0) is 13.8. The molecule has 0 radical (unpaired) electrons. The molecule has 0 aliphatic heterocycles. The van der Waals surface area contributed by atoms with Crippen LogP contribution in [-0.2, 0) is 15.7 Å². The van der Waals surface area contributed by atoms with E-state index >= 15 is 0 Å². The van der Waals surface area contributed by atoms with Gasteiger partial charge in [0.05, 0.1) is 12.7 Å². The van der Waals surface area contributed by atoms with Crippen LogP contribution < -0.4 is 5.73 Å². The van der Waals surface area contributed by atoms with Crippen molar-refractivity contribution in [2.24, 2.45) is 0 Å². The van der Waals surface area contributed by atoms with Gasteiger partial charge >= 0.3 is 12.1 Å². The highest BCUT2D eigenvalue weighted by molar-refractivity contribution is 5.72. The van der Waals surface area contributed by atoms with Gasteiger partial charge in [0.15, 0.2) is 0 Å². The number of benzene rings is 1. The number of carbonyl (C=O) groups is 1. The number of hydrogen-bond donors (Lipinski definition) is 1. The molecule has 1 rings (SSSR count). The fourth-order valence-electron chi connectivity index (χ4n) is 1.19. The van der Waals surface area contributed by atoms with Gasteiger partial charge in [-0.25, -0.2) is 0 Å². The molecule has 0 bridgehead atoms. The summed E-state index contributed by atoms with van der Waals surface area (Å²) in [6.07, 6.45) is -4.80. The maximum Gasteiger partial charge on any atom is 0.417 e. The van der Waals surface area contributed by atoms with Crippen LogP contribution in [0.1, 0.15) is 17.5 Å². The number of nitrogens with two attached hydrogens (primary N) is 1. The van der Waals surface area contributed by atoms with Gasteiger partial charge in [-0.1, -0.05) is 11.8 Å². The van der Waals surface area contributed by atoms with Gasteiger partial charge in [0.2, 0.25) is 0 Å². The molecule has 0 saturated carbocycles. The van der Waals surface area contributed by atoms with Gasteiger partial charge < -0.3 is 10.5 Å². The van der Waals surface area contributed by atoms with Crippen molar-refractivity contribution >= 4 is 11.7 Å². The minimum absolute atomic E-state index is 0.000780. The van der Waals surface area contributed by atoms with Crippen molar-refractivity contribution in [2.75, 3.05) is 12.8 Å². The Balaban J connectivity index is 3.06. The molecule has 3 nitrogen and oxygen atoms in total. The van der Waals surface area contributed by atoms with Crippen LogP contribution in [-0.4, -0.2) is 13.1 Å². The second-order valence-electron chi connectivity index (χ2n) is 3.36.